The summed E-state index contributed by atoms with van der Waals surface area (Å²) < 4.78 is 43.4. The fourth-order valence-corrected chi connectivity index (χ4v) is 2.28. The molecule has 3 rings (SSSR count). The summed E-state index contributed by atoms with van der Waals surface area (Å²) in [6.07, 6.45) is -4.03. The minimum absolute atomic E-state index is 0.0332. The van der Waals surface area contributed by atoms with Crippen molar-refractivity contribution in [1.29, 1.82) is 0 Å². The van der Waals surface area contributed by atoms with Crippen molar-refractivity contribution >= 4 is 12.0 Å². The first-order chi connectivity index (χ1) is 12.3. The van der Waals surface area contributed by atoms with Gasteiger partial charge in [0.15, 0.2) is 17.7 Å². The molecule has 0 aliphatic heterocycles. The van der Waals surface area contributed by atoms with Crippen molar-refractivity contribution in [2.24, 2.45) is 0 Å². The summed E-state index contributed by atoms with van der Waals surface area (Å²) in [6.45, 7) is 0. The number of aldehydes is 1. The third-order valence-corrected chi connectivity index (χ3v) is 3.56. The summed E-state index contributed by atoms with van der Waals surface area (Å²) in [5, 5.41) is 10.7. The van der Waals surface area contributed by atoms with Gasteiger partial charge in [-0.25, -0.2) is 4.98 Å². The predicted octanol–water partition coefficient (Wildman–Crippen LogP) is 4.75. The maximum atomic E-state index is 12.6. The zero-order valence-corrected chi connectivity index (χ0v) is 12.9. The lowest BCUT2D eigenvalue weighted by atomic mass is 10.1. The van der Waals surface area contributed by atoms with Crippen LogP contribution < -0.4 is 0 Å². The van der Waals surface area contributed by atoms with Gasteiger partial charge in [0.05, 0.1) is 10.5 Å². The molecule has 0 atom stereocenters. The molecule has 26 heavy (non-hydrogen) atoms. The van der Waals surface area contributed by atoms with Gasteiger partial charge in [-0.15, -0.1) is 0 Å². The summed E-state index contributed by atoms with van der Waals surface area (Å²) in [7, 11) is 0. The van der Waals surface area contributed by atoms with E-state index < -0.39 is 16.7 Å². The Labute approximate surface area is 144 Å². The minimum Gasteiger partial charge on any atom is -0.435 e. The smallest absolute Gasteiger partial charge is 0.416 e. The number of hydrogen-bond donors (Lipinski definition) is 0. The van der Waals surface area contributed by atoms with E-state index in [-0.39, 0.29) is 28.6 Å². The number of rotatable bonds is 4. The fourth-order valence-electron chi connectivity index (χ4n) is 2.28. The van der Waals surface area contributed by atoms with Crippen LogP contribution in [-0.4, -0.2) is 16.2 Å². The summed E-state index contributed by atoms with van der Waals surface area (Å²) in [5.74, 6) is 0.0407. The molecule has 0 unspecified atom stereocenters. The molecular formula is C17H9F3N2O4. The highest BCUT2D eigenvalue weighted by Gasteiger charge is 2.30. The highest BCUT2D eigenvalue weighted by Crippen LogP contribution is 2.33. The van der Waals surface area contributed by atoms with Gasteiger partial charge in [0, 0.05) is 23.3 Å². The van der Waals surface area contributed by atoms with Crippen molar-refractivity contribution in [2.75, 3.05) is 0 Å². The number of nitro benzene ring substituents is 1. The monoisotopic (exact) mass is 362 g/mol. The van der Waals surface area contributed by atoms with Crippen molar-refractivity contribution in [1.82, 2.24) is 4.98 Å². The number of halogens is 3. The second kappa shape index (κ2) is 6.43. The van der Waals surface area contributed by atoms with Gasteiger partial charge in [-0.1, -0.05) is 0 Å². The predicted molar refractivity (Wildman–Crippen MR) is 84.4 cm³/mol. The number of alkyl halides is 3. The summed E-state index contributed by atoms with van der Waals surface area (Å²) in [5.41, 5.74) is -0.380. The standard InChI is InChI=1S/C17H9F3N2O4/c18-17(19,20)12-5-1-11(2-6-12)16-21-14(9-23)15(26-16)10-3-7-13(8-4-10)22(24)25/h1-9H. The van der Waals surface area contributed by atoms with Gasteiger partial charge in [0.25, 0.3) is 5.69 Å². The van der Waals surface area contributed by atoms with E-state index in [1.807, 2.05) is 0 Å². The van der Waals surface area contributed by atoms with Crippen LogP contribution in [0.15, 0.2) is 52.9 Å². The van der Waals surface area contributed by atoms with Crippen molar-refractivity contribution in [2.45, 2.75) is 6.18 Å². The van der Waals surface area contributed by atoms with Crippen LogP contribution in [0.3, 0.4) is 0 Å². The van der Waals surface area contributed by atoms with Crippen LogP contribution in [0.2, 0.25) is 0 Å². The van der Waals surface area contributed by atoms with E-state index in [4.69, 9.17) is 4.42 Å². The molecule has 1 heterocycles. The van der Waals surface area contributed by atoms with E-state index >= 15 is 0 Å². The van der Waals surface area contributed by atoms with Crippen LogP contribution in [0.5, 0.6) is 0 Å². The van der Waals surface area contributed by atoms with Crippen molar-refractivity contribution in [3.05, 3.63) is 69.9 Å². The van der Waals surface area contributed by atoms with E-state index in [9.17, 15) is 28.1 Å². The largest absolute Gasteiger partial charge is 0.435 e. The summed E-state index contributed by atoms with van der Waals surface area (Å²) in [4.78, 5) is 25.3. The quantitative estimate of drug-likeness (QED) is 0.380. The number of oxazole rings is 1. The normalized spacial score (nSPS) is 11.3. The number of nitro groups is 1. The molecule has 0 N–H and O–H groups in total. The SMILES string of the molecule is O=Cc1nc(-c2ccc(C(F)(F)F)cc2)oc1-c1ccc([N+](=O)[O-])cc1. The highest BCUT2D eigenvalue weighted by atomic mass is 19.4. The van der Waals surface area contributed by atoms with E-state index in [1.165, 1.54) is 36.4 Å². The minimum atomic E-state index is -4.47. The Bertz CT molecular complexity index is 961. The zero-order valence-electron chi connectivity index (χ0n) is 12.9. The fraction of sp³-hybridized carbons (Fsp3) is 0.0588. The number of carbonyl (C=O) groups excluding carboxylic acids is 1. The molecular weight excluding hydrogens is 353 g/mol. The second-order valence-corrected chi connectivity index (χ2v) is 5.23. The lowest BCUT2D eigenvalue weighted by molar-refractivity contribution is -0.384. The van der Waals surface area contributed by atoms with Gasteiger partial charge in [-0.2, -0.15) is 13.2 Å². The van der Waals surface area contributed by atoms with Gasteiger partial charge >= 0.3 is 6.18 Å². The van der Waals surface area contributed by atoms with Crippen LogP contribution in [0, 0.1) is 10.1 Å². The Kier molecular flexibility index (Phi) is 4.29. The Balaban J connectivity index is 1.98. The third kappa shape index (κ3) is 3.32. The first-order valence-electron chi connectivity index (χ1n) is 7.18. The van der Waals surface area contributed by atoms with E-state index in [0.29, 0.717) is 11.8 Å². The summed E-state index contributed by atoms with van der Waals surface area (Å²) in [6, 6.07) is 9.39. The molecule has 0 saturated carbocycles. The van der Waals surface area contributed by atoms with E-state index in [2.05, 4.69) is 4.98 Å². The molecule has 3 aromatic rings. The molecule has 0 aliphatic rings. The van der Waals surface area contributed by atoms with Gasteiger partial charge < -0.3 is 4.42 Å². The number of carbonyl (C=O) groups is 1. The number of aromatic nitrogens is 1. The number of benzene rings is 2. The highest BCUT2D eigenvalue weighted by molar-refractivity contribution is 5.84. The van der Waals surface area contributed by atoms with Gasteiger partial charge in [-0.05, 0) is 36.4 Å². The Hall–Kier alpha value is -3.49. The molecule has 0 radical (unpaired) electrons. The molecule has 0 amide bonds. The molecule has 0 aliphatic carbocycles. The van der Waals surface area contributed by atoms with Crippen molar-refractivity contribution < 1.29 is 27.3 Å². The number of non-ortho nitro benzene ring substituents is 1. The van der Waals surface area contributed by atoms with Gasteiger partial charge in [0.2, 0.25) is 5.89 Å². The maximum absolute atomic E-state index is 12.6. The average Bonchev–Trinajstić information content (AvgIpc) is 3.05. The Morgan fingerprint density at radius 3 is 2.08 bits per heavy atom. The zero-order chi connectivity index (χ0) is 18.9. The number of hydrogen-bond acceptors (Lipinski definition) is 5. The number of nitrogens with zero attached hydrogens (tertiary/aromatic N) is 2. The third-order valence-electron chi connectivity index (χ3n) is 3.56. The average molecular weight is 362 g/mol. The molecule has 0 fully saturated rings. The molecule has 2 aromatic carbocycles. The molecule has 0 spiro atoms. The lowest BCUT2D eigenvalue weighted by Crippen LogP contribution is -2.03. The van der Waals surface area contributed by atoms with Crippen LogP contribution in [0.25, 0.3) is 22.8 Å². The van der Waals surface area contributed by atoms with Gasteiger partial charge in [-0.3, -0.25) is 14.9 Å². The van der Waals surface area contributed by atoms with Crippen LogP contribution in [0.4, 0.5) is 18.9 Å². The molecule has 0 bridgehead atoms. The van der Waals surface area contributed by atoms with Crippen LogP contribution in [-0.2, 0) is 6.18 Å². The Morgan fingerprint density at radius 2 is 1.58 bits per heavy atom. The topological polar surface area (TPSA) is 86.2 Å². The molecule has 0 saturated heterocycles. The maximum Gasteiger partial charge on any atom is 0.416 e. The molecule has 132 valence electrons. The molecule has 1 aromatic heterocycles. The molecule has 6 nitrogen and oxygen atoms in total. The van der Waals surface area contributed by atoms with Crippen molar-refractivity contribution in [3.8, 4) is 22.8 Å². The second-order valence-electron chi connectivity index (χ2n) is 5.23. The van der Waals surface area contributed by atoms with Gasteiger partial charge in [0.1, 0.15) is 0 Å². The molecule has 9 heteroatoms. The lowest BCUT2D eigenvalue weighted by Gasteiger charge is -2.06. The van der Waals surface area contributed by atoms with E-state index in [0.717, 1.165) is 12.1 Å². The van der Waals surface area contributed by atoms with Crippen LogP contribution >= 0.6 is 0 Å². The van der Waals surface area contributed by atoms with E-state index in [1.54, 1.807) is 0 Å². The van der Waals surface area contributed by atoms with Crippen molar-refractivity contribution in [3.63, 3.8) is 0 Å². The first kappa shape index (κ1) is 17.3. The first-order valence-corrected chi connectivity index (χ1v) is 7.18. The van der Waals surface area contributed by atoms with Crippen LogP contribution in [0.1, 0.15) is 16.1 Å². The summed E-state index contributed by atoms with van der Waals surface area (Å²) >= 11 is 0. The Morgan fingerprint density at radius 1 is 1.00 bits per heavy atom.